The number of nitrogens with two attached hydrogens (primary N) is 1. The fourth-order valence-corrected chi connectivity index (χ4v) is 3.55. The molecule has 26 heavy (non-hydrogen) atoms. The highest BCUT2D eigenvalue weighted by Gasteiger charge is 2.26. The average molecular weight is 366 g/mol. The lowest BCUT2D eigenvalue weighted by Gasteiger charge is -2.19. The van der Waals surface area contributed by atoms with Crippen LogP contribution in [0.4, 0.5) is 17.6 Å². The molecule has 2 atom stereocenters. The molecule has 1 fully saturated rings. The Morgan fingerprint density at radius 1 is 1.00 bits per heavy atom. The molecule has 1 aliphatic rings. The van der Waals surface area contributed by atoms with E-state index in [0.29, 0.717) is 19.0 Å². The first kappa shape index (κ1) is 18.9. The second-order valence-electron chi connectivity index (χ2n) is 6.92. The van der Waals surface area contributed by atoms with Crippen LogP contribution in [0, 0.1) is 23.3 Å². The molecule has 0 aromatic heterocycles. The molecular formula is C20H22F4N2. The SMILES string of the molecule is NC(CCN1CCC(c2ccccc2F)C1)Cc1cc(F)c(F)cc1F. The molecule has 0 bridgehead atoms. The number of halogens is 4. The van der Waals surface area contributed by atoms with Gasteiger partial charge in [-0.2, -0.15) is 0 Å². The average Bonchev–Trinajstić information content (AvgIpc) is 3.07. The molecule has 2 aromatic rings. The van der Waals surface area contributed by atoms with Gasteiger partial charge >= 0.3 is 0 Å². The molecule has 2 nitrogen and oxygen atoms in total. The van der Waals surface area contributed by atoms with Crippen LogP contribution in [0.15, 0.2) is 36.4 Å². The highest BCUT2D eigenvalue weighted by molar-refractivity contribution is 5.23. The molecule has 0 radical (unpaired) electrons. The van der Waals surface area contributed by atoms with Gasteiger partial charge in [0.1, 0.15) is 11.6 Å². The van der Waals surface area contributed by atoms with Crippen LogP contribution in [0.25, 0.3) is 0 Å². The molecule has 2 unspecified atom stereocenters. The van der Waals surface area contributed by atoms with Gasteiger partial charge in [0, 0.05) is 24.6 Å². The lowest BCUT2D eigenvalue weighted by molar-refractivity contribution is 0.316. The van der Waals surface area contributed by atoms with E-state index in [-0.39, 0.29) is 29.8 Å². The summed E-state index contributed by atoms with van der Waals surface area (Å²) in [4.78, 5) is 2.21. The summed E-state index contributed by atoms with van der Waals surface area (Å²) in [5.74, 6) is -3.06. The summed E-state index contributed by atoms with van der Waals surface area (Å²) in [5, 5.41) is 0. The Morgan fingerprint density at radius 2 is 1.73 bits per heavy atom. The summed E-state index contributed by atoms with van der Waals surface area (Å²) in [6.07, 6.45) is 1.63. The first-order chi connectivity index (χ1) is 12.4. The van der Waals surface area contributed by atoms with Gasteiger partial charge in [-0.05, 0) is 55.6 Å². The third kappa shape index (κ3) is 4.43. The smallest absolute Gasteiger partial charge is 0.161 e. The number of hydrogen-bond donors (Lipinski definition) is 1. The second kappa shape index (κ2) is 8.18. The van der Waals surface area contributed by atoms with Crippen molar-refractivity contribution in [3.63, 3.8) is 0 Å². The van der Waals surface area contributed by atoms with E-state index < -0.39 is 17.5 Å². The highest BCUT2D eigenvalue weighted by Crippen LogP contribution is 2.29. The van der Waals surface area contributed by atoms with Gasteiger partial charge in [-0.15, -0.1) is 0 Å². The first-order valence-corrected chi connectivity index (χ1v) is 8.80. The molecule has 0 saturated carbocycles. The van der Waals surface area contributed by atoms with Gasteiger partial charge in [-0.1, -0.05) is 18.2 Å². The molecule has 2 aromatic carbocycles. The first-order valence-electron chi connectivity index (χ1n) is 8.80. The number of rotatable bonds is 6. The minimum Gasteiger partial charge on any atom is -0.327 e. The van der Waals surface area contributed by atoms with Crippen LogP contribution in [0.5, 0.6) is 0 Å². The van der Waals surface area contributed by atoms with Crippen molar-refractivity contribution in [2.45, 2.75) is 31.2 Å². The van der Waals surface area contributed by atoms with Crippen LogP contribution in [0.3, 0.4) is 0 Å². The Kier molecular flexibility index (Phi) is 5.94. The Hall–Kier alpha value is -1.92. The normalized spacial score (nSPS) is 19.0. The largest absolute Gasteiger partial charge is 0.327 e. The molecule has 6 heteroatoms. The highest BCUT2D eigenvalue weighted by atomic mass is 19.2. The van der Waals surface area contributed by atoms with Gasteiger partial charge in [0.2, 0.25) is 0 Å². The zero-order valence-corrected chi connectivity index (χ0v) is 14.4. The van der Waals surface area contributed by atoms with E-state index in [1.54, 1.807) is 6.07 Å². The molecule has 0 spiro atoms. The van der Waals surface area contributed by atoms with Gasteiger partial charge in [-0.3, -0.25) is 0 Å². The van der Waals surface area contributed by atoms with Crippen molar-refractivity contribution in [3.05, 3.63) is 70.8 Å². The van der Waals surface area contributed by atoms with E-state index in [2.05, 4.69) is 4.90 Å². The van der Waals surface area contributed by atoms with Crippen molar-refractivity contribution in [3.8, 4) is 0 Å². The minimum atomic E-state index is -1.20. The molecular weight excluding hydrogens is 344 g/mol. The summed E-state index contributed by atoms with van der Waals surface area (Å²) in [6.45, 7) is 2.32. The van der Waals surface area contributed by atoms with Crippen LogP contribution in [-0.4, -0.2) is 30.6 Å². The van der Waals surface area contributed by atoms with Gasteiger partial charge in [-0.25, -0.2) is 17.6 Å². The quantitative estimate of drug-likeness (QED) is 0.619. The van der Waals surface area contributed by atoms with Crippen molar-refractivity contribution in [2.75, 3.05) is 19.6 Å². The van der Waals surface area contributed by atoms with Crippen molar-refractivity contribution < 1.29 is 17.6 Å². The van der Waals surface area contributed by atoms with Crippen LogP contribution >= 0.6 is 0 Å². The Morgan fingerprint density at radius 3 is 2.50 bits per heavy atom. The minimum absolute atomic E-state index is 0.0852. The summed E-state index contributed by atoms with van der Waals surface area (Å²) < 4.78 is 53.8. The Labute approximate surface area is 150 Å². The standard InChI is InChI=1S/C20H22F4N2/c21-17-4-2-1-3-16(17)13-5-7-26(12-13)8-6-15(25)9-14-10-19(23)20(24)11-18(14)22/h1-4,10-11,13,15H,5-9,12,25H2. The topological polar surface area (TPSA) is 29.3 Å². The summed E-state index contributed by atoms with van der Waals surface area (Å²) >= 11 is 0. The third-order valence-electron chi connectivity index (χ3n) is 5.00. The number of likely N-dealkylation sites (tertiary alicyclic amines) is 1. The fourth-order valence-electron chi connectivity index (χ4n) is 3.55. The molecule has 0 amide bonds. The van der Waals surface area contributed by atoms with Gasteiger partial charge in [0.25, 0.3) is 0 Å². The molecule has 2 N–H and O–H groups in total. The van der Waals surface area contributed by atoms with E-state index in [4.69, 9.17) is 5.73 Å². The van der Waals surface area contributed by atoms with Crippen molar-refractivity contribution in [1.29, 1.82) is 0 Å². The van der Waals surface area contributed by atoms with Crippen molar-refractivity contribution in [2.24, 2.45) is 5.73 Å². The van der Waals surface area contributed by atoms with E-state index in [0.717, 1.165) is 31.1 Å². The second-order valence-corrected chi connectivity index (χ2v) is 6.92. The molecule has 1 aliphatic heterocycles. The summed E-state index contributed by atoms with van der Waals surface area (Å²) in [7, 11) is 0. The van der Waals surface area contributed by atoms with Crippen LogP contribution in [-0.2, 0) is 6.42 Å². The molecule has 1 heterocycles. The predicted molar refractivity (Wildman–Crippen MR) is 92.8 cm³/mol. The zero-order chi connectivity index (χ0) is 18.7. The monoisotopic (exact) mass is 366 g/mol. The van der Waals surface area contributed by atoms with Crippen LogP contribution in [0.1, 0.15) is 29.9 Å². The summed E-state index contributed by atoms with van der Waals surface area (Å²) in [5.41, 5.74) is 6.87. The van der Waals surface area contributed by atoms with E-state index in [1.807, 2.05) is 12.1 Å². The van der Waals surface area contributed by atoms with E-state index in [1.165, 1.54) is 6.07 Å². The van der Waals surface area contributed by atoms with Gasteiger partial charge < -0.3 is 10.6 Å². The van der Waals surface area contributed by atoms with Gasteiger partial charge in [0.15, 0.2) is 11.6 Å². The van der Waals surface area contributed by atoms with E-state index >= 15 is 0 Å². The van der Waals surface area contributed by atoms with Gasteiger partial charge in [0.05, 0.1) is 0 Å². The zero-order valence-electron chi connectivity index (χ0n) is 14.4. The molecule has 1 saturated heterocycles. The van der Waals surface area contributed by atoms with Crippen molar-refractivity contribution in [1.82, 2.24) is 4.90 Å². The van der Waals surface area contributed by atoms with Crippen LogP contribution < -0.4 is 5.73 Å². The predicted octanol–water partition coefficient (Wildman–Crippen LogP) is 3.99. The van der Waals surface area contributed by atoms with Crippen molar-refractivity contribution >= 4 is 0 Å². The molecule has 0 aliphatic carbocycles. The summed E-state index contributed by atoms with van der Waals surface area (Å²) in [6, 6.07) is 7.88. The van der Waals surface area contributed by atoms with Crippen LogP contribution in [0.2, 0.25) is 0 Å². The number of nitrogens with zero attached hydrogens (tertiary/aromatic N) is 1. The maximum Gasteiger partial charge on any atom is 0.161 e. The Bertz CT molecular complexity index is 765. The fraction of sp³-hybridized carbons (Fsp3) is 0.400. The molecule has 140 valence electrons. The Balaban J connectivity index is 1.50. The lowest BCUT2D eigenvalue weighted by atomic mass is 9.98. The maximum atomic E-state index is 13.9. The number of hydrogen-bond acceptors (Lipinski definition) is 2. The maximum absolute atomic E-state index is 13.9. The number of benzene rings is 2. The van der Waals surface area contributed by atoms with E-state index in [9.17, 15) is 17.6 Å². The lowest BCUT2D eigenvalue weighted by Crippen LogP contribution is -2.31. The molecule has 3 rings (SSSR count). The third-order valence-corrected chi connectivity index (χ3v) is 5.00.